The Hall–Kier alpha value is 0.140. The van der Waals surface area contributed by atoms with Gasteiger partial charge in [0.05, 0.1) is 7.34 Å². The van der Waals surface area contributed by atoms with Gasteiger partial charge in [-0.1, -0.05) is 6.30 Å². The Labute approximate surface area is 93.6 Å². The molecule has 0 saturated carbocycles. The van der Waals surface area contributed by atoms with Gasteiger partial charge in [-0.15, -0.1) is 0 Å². The lowest BCUT2D eigenvalue weighted by Crippen LogP contribution is -2.51. The van der Waals surface area contributed by atoms with Gasteiger partial charge in [-0.25, -0.2) is 0 Å². The van der Waals surface area contributed by atoms with E-state index in [1.807, 2.05) is 0 Å². The van der Waals surface area contributed by atoms with Crippen LogP contribution in [0.4, 0.5) is 0 Å². The van der Waals surface area contributed by atoms with E-state index in [4.69, 9.17) is 0 Å². The Morgan fingerprint density at radius 2 is 1.07 bits per heavy atom. The molecule has 15 heavy (non-hydrogen) atoms. The predicted molar refractivity (Wildman–Crippen MR) is 68.4 cm³/mol. The number of hydrogen-bond acceptors (Lipinski definition) is 4. The maximum absolute atomic E-state index is 4.56. The molecule has 88 valence electrons. The van der Waals surface area contributed by atoms with Crippen LogP contribution >= 0.6 is 7.34 Å². The fourth-order valence-electron chi connectivity index (χ4n) is 2.46. The molecule has 0 spiro atoms. The van der Waals surface area contributed by atoms with E-state index in [1.54, 1.807) is 0 Å². The molecule has 3 aliphatic rings. The highest BCUT2D eigenvalue weighted by atomic mass is 31.2. The molecule has 0 aromatic rings. The predicted octanol–water partition coefficient (Wildman–Crippen LogP) is 0.306. The Morgan fingerprint density at radius 1 is 0.733 bits per heavy atom. The van der Waals surface area contributed by atoms with Crippen LogP contribution in [0.3, 0.4) is 0 Å². The summed E-state index contributed by atoms with van der Waals surface area (Å²) < 4.78 is 7.41. The molecule has 0 N–H and O–H groups in total. The van der Waals surface area contributed by atoms with Crippen molar-refractivity contribution in [2.75, 3.05) is 60.4 Å². The van der Waals surface area contributed by atoms with Crippen LogP contribution in [-0.4, -0.2) is 85.6 Å². The molecular weight excluding hydrogens is 207 g/mol. The smallest absolute Gasteiger partial charge is 0.0738 e. The summed E-state index contributed by atoms with van der Waals surface area (Å²) in [5, 5.41) is 0. The largest absolute Gasteiger partial charge is 0.299 e. The van der Waals surface area contributed by atoms with Crippen LogP contribution in [0.25, 0.3) is 0 Å². The highest BCUT2D eigenvalue weighted by Gasteiger charge is 2.33. The molecule has 3 saturated heterocycles. The van der Waals surface area contributed by atoms with Gasteiger partial charge in [0.1, 0.15) is 0 Å². The first-order chi connectivity index (χ1) is 7.05. The lowest BCUT2D eigenvalue weighted by Gasteiger charge is -2.51. The van der Waals surface area contributed by atoms with Gasteiger partial charge in [-0.3, -0.25) is 18.9 Å². The van der Waals surface area contributed by atoms with Crippen molar-refractivity contribution >= 4 is 13.6 Å². The third-order valence-corrected chi connectivity index (χ3v) is 7.74. The molecule has 0 amide bonds. The second-order valence-electron chi connectivity index (χ2n) is 4.68. The maximum atomic E-state index is 4.56. The van der Waals surface area contributed by atoms with Crippen LogP contribution in [0, 0.1) is 0 Å². The second-order valence-corrected chi connectivity index (χ2v) is 8.11. The van der Waals surface area contributed by atoms with Crippen molar-refractivity contribution in [3.05, 3.63) is 0 Å². The van der Waals surface area contributed by atoms with E-state index in [2.05, 4.69) is 46.4 Å². The van der Waals surface area contributed by atoms with Gasteiger partial charge in [0.25, 0.3) is 0 Å². The second kappa shape index (κ2) is 4.19. The summed E-state index contributed by atoms with van der Waals surface area (Å²) in [5.74, 6) is 0. The fraction of sp³-hybridized carbons (Fsp3) is 0.900. The summed E-state index contributed by atoms with van der Waals surface area (Å²) >= 11 is 0. The third-order valence-electron chi connectivity index (χ3n) is 3.86. The first-order valence-electron chi connectivity index (χ1n) is 5.66. The molecule has 3 heterocycles. The van der Waals surface area contributed by atoms with Crippen molar-refractivity contribution in [1.29, 1.82) is 0 Å². The van der Waals surface area contributed by atoms with Crippen LogP contribution in [0.1, 0.15) is 0 Å². The number of rotatable bonds is 0. The molecule has 0 aromatic heterocycles. The third kappa shape index (κ3) is 1.90. The standard InChI is InChI=1S/C10H23N4P/c1-11-5-8-14-9-6-12(2)15(11,4)13(3)7-10-14/h4-10H2,1-3H3. The minimum atomic E-state index is -1.45. The Kier molecular flexibility index (Phi) is 3.25. The van der Waals surface area contributed by atoms with Crippen molar-refractivity contribution in [2.45, 2.75) is 0 Å². The molecule has 3 aliphatic heterocycles. The number of hydrogen-bond donors (Lipinski definition) is 0. The number of nitrogens with zero attached hydrogens (tertiary/aromatic N) is 4. The monoisotopic (exact) mass is 230 g/mol. The molecule has 0 atom stereocenters. The quantitative estimate of drug-likeness (QED) is 0.555. The van der Waals surface area contributed by atoms with Gasteiger partial charge in [0.2, 0.25) is 0 Å². The Morgan fingerprint density at radius 3 is 1.40 bits per heavy atom. The topological polar surface area (TPSA) is 13.0 Å². The molecule has 0 radical (unpaired) electrons. The van der Waals surface area contributed by atoms with Crippen LogP contribution in [0.5, 0.6) is 0 Å². The van der Waals surface area contributed by atoms with Crippen molar-refractivity contribution < 1.29 is 0 Å². The fourth-order valence-corrected chi connectivity index (χ4v) is 5.25. The van der Waals surface area contributed by atoms with E-state index in [0.717, 1.165) is 19.6 Å². The summed E-state index contributed by atoms with van der Waals surface area (Å²) in [6.45, 7) is 7.05. The normalized spacial score (nSPS) is 41.1. The van der Waals surface area contributed by atoms with Gasteiger partial charge in [-0.05, 0) is 21.1 Å². The van der Waals surface area contributed by atoms with E-state index in [9.17, 15) is 0 Å². The van der Waals surface area contributed by atoms with E-state index in [-0.39, 0.29) is 0 Å². The molecule has 0 unspecified atom stereocenters. The average molecular weight is 230 g/mol. The van der Waals surface area contributed by atoms with Crippen molar-refractivity contribution in [1.82, 2.24) is 18.9 Å². The molecule has 4 nitrogen and oxygen atoms in total. The summed E-state index contributed by atoms with van der Waals surface area (Å²) in [6.07, 6.45) is 4.56. The van der Waals surface area contributed by atoms with Crippen LogP contribution in [0.2, 0.25) is 0 Å². The zero-order valence-electron chi connectivity index (χ0n) is 10.2. The Bertz CT molecular complexity index is 238. The van der Waals surface area contributed by atoms with Crippen LogP contribution in [-0.2, 0) is 0 Å². The van der Waals surface area contributed by atoms with E-state index < -0.39 is 7.34 Å². The van der Waals surface area contributed by atoms with Crippen molar-refractivity contribution in [3.8, 4) is 0 Å². The van der Waals surface area contributed by atoms with Gasteiger partial charge < -0.3 is 0 Å². The molecule has 0 aliphatic carbocycles. The minimum Gasteiger partial charge on any atom is -0.299 e. The van der Waals surface area contributed by atoms with E-state index in [0.29, 0.717) is 0 Å². The number of fused-ring (bicyclic) bond motifs is 6. The average Bonchev–Trinajstić information content (AvgIpc) is 2.22. The molecule has 3 fully saturated rings. The van der Waals surface area contributed by atoms with Gasteiger partial charge in [-0.2, -0.15) is 0 Å². The molecular formula is C10H23N4P. The zero-order valence-corrected chi connectivity index (χ0v) is 11.1. The van der Waals surface area contributed by atoms with E-state index in [1.165, 1.54) is 19.6 Å². The zero-order chi connectivity index (χ0) is 11.1. The minimum absolute atomic E-state index is 1.14. The first kappa shape index (κ1) is 11.6. The lowest BCUT2D eigenvalue weighted by atomic mass is 10.4. The van der Waals surface area contributed by atoms with Gasteiger partial charge >= 0.3 is 0 Å². The summed E-state index contributed by atoms with van der Waals surface area (Å²) in [4.78, 5) is 2.56. The van der Waals surface area contributed by atoms with Gasteiger partial charge in [0, 0.05) is 39.3 Å². The molecule has 0 aromatic carbocycles. The lowest BCUT2D eigenvalue weighted by molar-refractivity contribution is 0.188. The van der Waals surface area contributed by atoms with Crippen molar-refractivity contribution in [2.24, 2.45) is 0 Å². The van der Waals surface area contributed by atoms with Crippen LogP contribution < -0.4 is 0 Å². The van der Waals surface area contributed by atoms with Gasteiger partial charge in [0.15, 0.2) is 0 Å². The number of likely N-dealkylation sites (N-methyl/N-ethyl adjacent to an activating group) is 3. The highest BCUT2D eigenvalue weighted by molar-refractivity contribution is 7.66. The Balaban J connectivity index is 2.34. The summed E-state index contributed by atoms with van der Waals surface area (Å²) in [6, 6.07) is 0. The maximum Gasteiger partial charge on any atom is 0.0738 e. The summed E-state index contributed by atoms with van der Waals surface area (Å²) in [7, 11) is 5.23. The highest BCUT2D eigenvalue weighted by Crippen LogP contribution is 2.54. The van der Waals surface area contributed by atoms with E-state index >= 15 is 0 Å². The molecule has 3 rings (SSSR count). The van der Waals surface area contributed by atoms with Crippen molar-refractivity contribution in [3.63, 3.8) is 0 Å². The SMILES string of the molecule is C=P12N(C)CCN(CCN1C)CCN2C. The first-order valence-corrected chi connectivity index (χ1v) is 7.49. The molecule has 2 bridgehead atoms. The molecule has 5 heteroatoms. The summed E-state index contributed by atoms with van der Waals surface area (Å²) in [5.41, 5.74) is 0. The van der Waals surface area contributed by atoms with Crippen LogP contribution in [0.15, 0.2) is 0 Å².